The molecule has 0 saturated carbocycles. The second-order valence-electron chi connectivity index (χ2n) is 2.74. The van der Waals surface area contributed by atoms with Gasteiger partial charge in [0, 0.05) is 17.8 Å². The maximum Gasteiger partial charge on any atom is 0.124 e. The zero-order valence-electron chi connectivity index (χ0n) is 6.17. The van der Waals surface area contributed by atoms with Gasteiger partial charge in [-0.3, -0.25) is 4.99 Å². The van der Waals surface area contributed by atoms with Crippen molar-refractivity contribution in [2.24, 2.45) is 4.99 Å². The molecule has 2 rings (SSSR count). The van der Waals surface area contributed by atoms with Gasteiger partial charge in [-0.1, -0.05) is 6.58 Å². The molecule has 0 saturated heterocycles. The standard InChI is InChI=1S/C9H9NO/c1-6-4-7-2-3-10-8(7)5-9(6)11/h4-5,11H,1-3H2. The van der Waals surface area contributed by atoms with Crippen LogP contribution in [0.25, 0.3) is 6.58 Å². The van der Waals surface area contributed by atoms with E-state index in [2.05, 4.69) is 11.6 Å². The second kappa shape index (κ2) is 2.09. The highest BCUT2D eigenvalue weighted by Crippen LogP contribution is 2.02. The van der Waals surface area contributed by atoms with E-state index in [-0.39, 0.29) is 5.75 Å². The third kappa shape index (κ3) is 0.909. The van der Waals surface area contributed by atoms with Gasteiger partial charge in [0.25, 0.3) is 0 Å². The molecule has 0 spiro atoms. The van der Waals surface area contributed by atoms with Crippen molar-refractivity contribution >= 4 is 6.58 Å². The molecule has 0 aromatic heterocycles. The highest BCUT2D eigenvalue weighted by atomic mass is 16.3. The zero-order chi connectivity index (χ0) is 7.84. The van der Waals surface area contributed by atoms with Gasteiger partial charge in [-0.15, -0.1) is 0 Å². The van der Waals surface area contributed by atoms with Crippen LogP contribution in [-0.4, -0.2) is 11.7 Å². The van der Waals surface area contributed by atoms with Crippen molar-refractivity contribution in [3.8, 4) is 5.75 Å². The van der Waals surface area contributed by atoms with Gasteiger partial charge in [-0.05, 0) is 18.1 Å². The van der Waals surface area contributed by atoms with Gasteiger partial charge in [0.05, 0.1) is 5.36 Å². The Bertz CT molecular complexity index is 395. The zero-order valence-corrected chi connectivity index (χ0v) is 6.17. The molecule has 0 amide bonds. The monoisotopic (exact) mass is 147 g/mol. The molecule has 2 nitrogen and oxygen atoms in total. The van der Waals surface area contributed by atoms with Gasteiger partial charge < -0.3 is 5.11 Å². The average Bonchev–Trinajstić information content (AvgIpc) is 2.36. The van der Waals surface area contributed by atoms with Crippen LogP contribution in [0.15, 0.2) is 17.1 Å². The van der Waals surface area contributed by atoms with Crippen LogP contribution in [0.5, 0.6) is 5.75 Å². The van der Waals surface area contributed by atoms with Crippen LogP contribution in [0.4, 0.5) is 0 Å². The van der Waals surface area contributed by atoms with E-state index < -0.39 is 0 Å². The summed E-state index contributed by atoms with van der Waals surface area (Å²) in [4.78, 5) is 4.21. The third-order valence-electron chi connectivity index (χ3n) is 1.94. The number of rotatable bonds is 0. The van der Waals surface area contributed by atoms with Crippen molar-refractivity contribution in [1.29, 1.82) is 0 Å². The van der Waals surface area contributed by atoms with Crippen LogP contribution >= 0.6 is 0 Å². The van der Waals surface area contributed by atoms with Gasteiger partial charge in [0.2, 0.25) is 0 Å². The molecule has 11 heavy (non-hydrogen) atoms. The normalized spacial score (nSPS) is 14.2. The topological polar surface area (TPSA) is 32.6 Å². The van der Waals surface area contributed by atoms with Crippen LogP contribution in [0.3, 0.4) is 0 Å². The Morgan fingerprint density at radius 3 is 3.09 bits per heavy atom. The van der Waals surface area contributed by atoms with E-state index >= 15 is 0 Å². The number of hydrogen-bond donors (Lipinski definition) is 1. The highest BCUT2D eigenvalue weighted by Gasteiger charge is 2.04. The molecule has 0 aliphatic carbocycles. The van der Waals surface area contributed by atoms with Crippen molar-refractivity contribution in [2.75, 3.05) is 6.54 Å². The molecule has 1 aromatic carbocycles. The fourth-order valence-electron chi connectivity index (χ4n) is 1.32. The first kappa shape index (κ1) is 6.40. The average molecular weight is 147 g/mol. The maximum absolute atomic E-state index is 9.26. The highest BCUT2D eigenvalue weighted by molar-refractivity contribution is 5.31. The summed E-state index contributed by atoms with van der Waals surface area (Å²) in [5, 5.41) is 10.9. The Kier molecular flexibility index (Phi) is 1.22. The predicted molar refractivity (Wildman–Crippen MR) is 43.0 cm³/mol. The number of phenolic OH excluding ortho intramolecular Hbond substituents is 1. The summed E-state index contributed by atoms with van der Waals surface area (Å²) in [7, 11) is 0. The van der Waals surface area contributed by atoms with Crippen LogP contribution in [-0.2, 0) is 6.42 Å². The Balaban J connectivity index is 2.81. The number of fused-ring (bicyclic) bond motifs is 1. The molecule has 0 fully saturated rings. The van der Waals surface area contributed by atoms with Crippen molar-refractivity contribution in [3.63, 3.8) is 0 Å². The largest absolute Gasteiger partial charge is 0.507 e. The smallest absolute Gasteiger partial charge is 0.124 e. The first-order valence-electron chi connectivity index (χ1n) is 3.63. The second-order valence-corrected chi connectivity index (χ2v) is 2.74. The quantitative estimate of drug-likeness (QED) is 0.549. The van der Waals surface area contributed by atoms with Crippen molar-refractivity contribution in [1.82, 2.24) is 0 Å². The van der Waals surface area contributed by atoms with E-state index in [0.717, 1.165) is 18.3 Å². The summed E-state index contributed by atoms with van der Waals surface area (Å²) in [6.07, 6.45) is 0.984. The van der Waals surface area contributed by atoms with E-state index in [0.29, 0.717) is 5.22 Å². The number of aromatic hydroxyl groups is 1. The van der Waals surface area contributed by atoms with Crippen LogP contribution < -0.4 is 10.6 Å². The van der Waals surface area contributed by atoms with Gasteiger partial charge in [0.15, 0.2) is 0 Å². The third-order valence-corrected chi connectivity index (χ3v) is 1.94. The molecule has 2 heteroatoms. The first-order valence-corrected chi connectivity index (χ1v) is 3.63. The fourth-order valence-corrected chi connectivity index (χ4v) is 1.32. The minimum absolute atomic E-state index is 0.245. The first-order chi connectivity index (χ1) is 5.27. The molecular formula is C9H9NO. The summed E-state index contributed by atoms with van der Waals surface area (Å²) in [6.45, 7) is 4.55. The van der Waals surface area contributed by atoms with Crippen molar-refractivity contribution in [2.45, 2.75) is 6.42 Å². The summed E-state index contributed by atoms with van der Waals surface area (Å²) in [6, 6.07) is 3.59. The Labute approximate surface area is 64.5 Å². The van der Waals surface area contributed by atoms with Gasteiger partial charge in [-0.2, -0.15) is 0 Å². The lowest BCUT2D eigenvalue weighted by Gasteiger charge is -1.93. The summed E-state index contributed by atoms with van der Waals surface area (Å²) < 4.78 is 0. The molecule has 1 N–H and O–H groups in total. The van der Waals surface area contributed by atoms with Crippen molar-refractivity contribution < 1.29 is 5.11 Å². The lowest BCUT2D eigenvalue weighted by molar-refractivity contribution is 0.470. The molecule has 1 aromatic rings. The molecule has 1 aliphatic rings. The summed E-state index contributed by atoms with van der Waals surface area (Å²) in [5.41, 5.74) is 1.20. The molecule has 0 atom stereocenters. The fraction of sp³-hybridized carbons (Fsp3) is 0.222. The molecule has 0 radical (unpaired) electrons. The van der Waals surface area contributed by atoms with Gasteiger partial charge >= 0.3 is 0 Å². The summed E-state index contributed by atoms with van der Waals surface area (Å²) >= 11 is 0. The predicted octanol–water partition coefficient (Wildman–Crippen LogP) is -0.0218. The molecule has 1 heterocycles. The Hall–Kier alpha value is -1.31. The Morgan fingerprint density at radius 2 is 2.27 bits per heavy atom. The molecule has 0 unspecified atom stereocenters. The number of nitrogens with zero attached hydrogens (tertiary/aromatic N) is 1. The summed E-state index contributed by atoms with van der Waals surface area (Å²) in [5.74, 6) is 0.245. The van der Waals surface area contributed by atoms with E-state index in [1.54, 1.807) is 6.07 Å². The van der Waals surface area contributed by atoms with Gasteiger partial charge in [-0.25, -0.2) is 0 Å². The molecular weight excluding hydrogens is 138 g/mol. The van der Waals surface area contributed by atoms with E-state index in [1.165, 1.54) is 5.56 Å². The molecule has 1 aliphatic heterocycles. The molecule has 0 bridgehead atoms. The van der Waals surface area contributed by atoms with Crippen LogP contribution in [0.2, 0.25) is 0 Å². The number of benzene rings is 1. The van der Waals surface area contributed by atoms with Crippen LogP contribution in [0.1, 0.15) is 5.56 Å². The lowest BCUT2D eigenvalue weighted by Crippen LogP contribution is -2.10. The number of phenols is 1. The SMILES string of the molecule is C=c1cc2c(cc1O)=NCC2. The maximum atomic E-state index is 9.26. The molecule has 56 valence electrons. The van der Waals surface area contributed by atoms with E-state index in [9.17, 15) is 5.11 Å². The van der Waals surface area contributed by atoms with Crippen molar-refractivity contribution in [3.05, 3.63) is 28.3 Å². The van der Waals surface area contributed by atoms with Gasteiger partial charge in [0.1, 0.15) is 5.75 Å². The lowest BCUT2D eigenvalue weighted by atomic mass is 10.1. The van der Waals surface area contributed by atoms with E-state index in [1.807, 2.05) is 6.07 Å². The minimum Gasteiger partial charge on any atom is -0.507 e. The van der Waals surface area contributed by atoms with E-state index in [4.69, 9.17) is 0 Å². The Morgan fingerprint density at radius 1 is 1.45 bits per heavy atom. The minimum atomic E-state index is 0.245. The number of hydrogen-bond acceptors (Lipinski definition) is 2. The van der Waals surface area contributed by atoms with Crippen LogP contribution in [0, 0.1) is 0 Å².